The number of benzene rings is 2. The van der Waals surface area contributed by atoms with Gasteiger partial charge in [0.15, 0.2) is 0 Å². The Morgan fingerprint density at radius 3 is 2.18 bits per heavy atom. The highest BCUT2D eigenvalue weighted by molar-refractivity contribution is 6.30. The Bertz CT molecular complexity index is 877. The fourth-order valence-electron chi connectivity index (χ4n) is 4.07. The molecule has 0 aliphatic carbocycles. The van der Waals surface area contributed by atoms with Crippen LogP contribution in [0.4, 0.5) is 4.79 Å². The number of hydrogen-bond acceptors (Lipinski definition) is 5. The zero-order chi connectivity index (χ0) is 25.3. The highest BCUT2D eigenvalue weighted by Gasteiger charge is 2.36. The molecule has 1 saturated heterocycles. The van der Waals surface area contributed by atoms with Crippen LogP contribution in [0, 0.1) is 11.8 Å². The van der Waals surface area contributed by atoms with Gasteiger partial charge in [0, 0.05) is 17.5 Å². The van der Waals surface area contributed by atoms with Crippen LogP contribution >= 0.6 is 11.6 Å². The van der Waals surface area contributed by atoms with Gasteiger partial charge in [-0.15, -0.1) is 0 Å². The van der Waals surface area contributed by atoms with Crippen molar-refractivity contribution in [3.63, 3.8) is 0 Å². The molecule has 2 N–H and O–H groups in total. The van der Waals surface area contributed by atoms with E-state index in [2.05, 4.69) is 48.2 Å². The van der Waals surface area contributed by atoms with Gasteiger partial charge in [0.25, 0.3) is 0 Å². The zero-order valence-corrected chi connectivity index (χ0v) is 21.8. The SMILES string of the molecule is CC(C)(C)OC(=O)O.COc1ccc(COC2CNCC(C(C)C)C2c2ccc(Cl)cc2)cc1. The summed E-state index contributed by atoms with van der Waals surface area (Å²) in [5, 5.41) is 12.4. The Hall–Kier alpha value is -2.28. The molecule has 3 unspecified atom stereocenters. The molecular weight excluding hydrogens is 454 g/mol. The number of carboxylic acid groups (broad SMARTS) is 1. The summed E-state index contributed by atoms with van der Waals surface area (Å²) in [6.07, 6.45) is -1.09. The summed E-state index contributed by atoms with van der Waals surface area (Å²) in [7, 11) is 1.68. The van der Waals surface area contributed by atoms with Crippen molar-refractivity contribution in [3.05, 3.63) is 64.7 Å². The second-order valence-corrected chi connectivity index (χ2v) is 10.3. The van der Waals surface area contributed by atoms with Crippen molar-refractivity contribution in [2.24, 2.45) is 11.8 Å². The molecule has 3 atom stereocenters. The van der Waals surface area contributed by atoms with E-state index >= 15 is 0 Å². The number of carbonyl (C=O) groups is 1. The first kappa shape index (κ1) is 28.0. The number of ether oxygens (including phenoxy) is 3. The van der Waals surface area contributed by atoms with Gasteiger partial charge < -0.3 is 24.6 Å². The molecule has 0 spiro atoms. The van der Waals surface area contributed by atoms with Gasteiger partial charge in [0.1, 0.15) is 11.4 Å². The molecule has 7 heteroatoms. The van der Waals surface area contributed by atoms with E-state index in [-0.39, 0.29) is 6.10 Å². The highest BCUT2D eigenvalue weighted by Crippen LogP contribution is 2.37. The van der Waals surface area contributed by atoms with Gasteiger partial charge in [0.05, 0.1) is 19.8 Å². The van der Waals surface area contributed by atoms with Crippen LogP contribution in [0.5, 0.6) is 5.75 Å². The molecule has 0 radical (unpaired) electrons. The molecule has 188 valence electrons. The van der Waals surface area contributed by atoms with Crippen LogP contribution in [0.15, 0.2) is 48.5 Å². The number of nitrogens with one attached hydrogen (secondary N) is 1. The van der Waals surface area contributed by atoms with Crippen LogP contribution in [0.1, 0.15) is 51.7 Å². The lowest BCUT2D eigenvalue weighted by Gasteiger charge is -2.41. The molecule has 6 nitrogen and oxygen atoms in total. The summed E-state index contributed by atoms with van der Waals surface area (Å²) < 4.78 is 16.0. The Labute approximate surface area is 208 Å². The van der Waals surface area contributed by atoms with Crippen molar-refractivity contribution in [1.29, 1.82) is 0 Å². The lowest BCUT2D eigenvalue weighted by Crippen LogP contribution is -2.48. The van der Waals surface area contributed by atoms with E-state index in [1.54, 1.807) is 27.9 Å². The number of halogens is 1. The fraction of sp³-hybridized carbons (Fsp3) is 0.519. The van der Waals surface area contributed by atoms with Gasteiger partial charge in [-0.2, -0.15) is 0 Å². The van der Waals surface area contributed by atoms with E-state index < -0.39 is 11.8 Å². The maximum Gasteiger partial charge on any atom is 0.506 e. The number of methoxy groups -OCH3 is 1. The van der Waals surface area contributed by atoms with E-state index in [1.165, 1.54) is 5.56 Å². The number of rotatable bonds is 6. The molecule has 0 aromatic heterocycles. The molecule has 1 heterocycles. The lowest BCUT2D eigenvalue weighted by atomic mass is 9.74. The van der Waals surface area contributed by atoms with Crippen molar-refractivity contribution in [2.75, 3.05) is 20.2 Å². The molecule has 34 heavy (non-hydrogen) atoms. The molecule has 0 bridgehead atoms. The van der Waals surface area contributed by atoms with E-state index in [0.29, 0.717) is 24.4 Å². The van der Waals surface area contributed by atoms with Gasteiger partial charge in [0.2, 0.25) is 0 Å². The van der Waals surface area contributed by atoms with Crippen LogP contribution in [0.3, 0.4) is 0 Å². The largest absolute Gasteiger partial charge is 0.506 e. The van der Waals surface area contributed by atoms with Crippen LogP contribution in [0.2, 0.25) is 5.02 Å². The van der Waals surface area contributed by atoms with Crippen LogP contribution in [0.25, 0.3) is 0 Å². The average molecular weight is 492 g/mol. The Balaban J connectivity index is 0.000000440. The van der Waals surface area contributed by atoms with Crippen LogP contribution < -0.4 is 10.1 Å². The molecule has 2 aromatic carbocycles. The molecule has 3 rings (SSSR count). The quantitative estimate of drug-likeness (QED) is 0.457. The van der Waals surface area contributed by atoms with Gasteiger partial charge in [-0.05, 0) is 74.5 Å². The Morgan fingerprint density at radius 1 is 1.09 bits per heavy atom. The first-order chi connectivity index (χ1) is 16.0. The minimum Gasteiger partial charge on any atom is -0.497 e. The second kappa shape index (κ2) is 13.0. The second-order valence-electron chi connectivity index (χ2n) is 9.82. The molecule has 2 aromatic rings. The summed E-state index contributed by atoms with van der Waals surface area (Å²) in [6.45, 7) is 12.1. The molecule has 1 fully saturated rings. The maximum atomic E-state index is 9.79. The standard InChI is InChI=1S/C22H28ClNO2.C5H10O3/c1-15(2)20-12-24-13-21(22(20)17-6-8-18(23)9-7-17)26-14-16-4-10-19(25-3)11-5-16;1-5(2,3)8-4(6)7/h4-11,15,20-22,24H,12-14H2,1-3H3;1-3H3,(H,6,7). The van der Waals surface area contributed by atoms with E-state index in [4.69, 9.17) is 26.2 Å². The Kier molecular flexibility index (Phi) is 10.7. The van der Waals surface area contributed by atoms with Crippen LogP contribution in [-0.4, -0.2) is 43.2 Å². The average Bonchev–Trinajstić information content (AvgIpc) is 2.77. The van der Waals surface area contributed by atoms with Crippen molar-refractivity contribution in [2.45, 2.75) is 58.8 Å². The molecule has 0 amide bonds. The lowest BCUT2D eigenvalue weighted by molar-refractivity contribution is -0.0134. The van der Waals surface area contributed by atoms with Gasteiger partial charge >= 0.3 is 6.16 Å². The summed E-state index contributed by atoms with van der Waals surface area (Å²) in [5.41, 5.74) is 1.90. The predicted molar refractivity (Wildman–Crippen MR) is 136 cm³/mol. The first-order valence-electron chi connectivity index (χ1n) is 11.6. The van der Waals surface area contributed by atoms with Gasteiger partial charge in [-0.1, -0.05) is 49.7 Å². The van der Waals surface area contributed by atoms with Gasteiger partial charge in [-0.25, -0.2) is 4.79 Å². The Morgan fingerprint density at radius 2 is 1.71 bits per heavy atom. The maximum absolute atomic E-state index is 9.79. The molecule has 1 aliphatic rings. The van der Waals surface area contributed by atoms with Crippen molar-refractivity contribution < 1.29 is 24.1 Å². The van der Waals surface area contributed by atoms with Crippen molar-refractivity contribution >= 4 is 17.8 Å². The van der Waals surface area contributed by atoms with E-state index in [1.807, 2.05) is 24.3 Å². The molecule has 0 saturated carbocycles. The van der Waals surface area contributed by atoms with E-state index in [9.17, 15) is 4.79 Å². The smallest absolute Gasteiger partial charge is 0.497 e. The van der Waals surface area contributed by atoms with Crippen molar-refractivity contribution in [3.8, 4) is 5.75 Å². The third kappa shape index (κ3) is 9.16. The van der Waals surface area contributed by atoms with Gasteiger partial charge in [-0.3, -0.25) is 0 Å². The summed E-state index contributed by atoms with van der Waals surface area (Å²) in [4.78, 5) is 9.79. The van der Waals surface area contributed by atoms with Crippen molar-refractivity contribution in [1.82, 2.24) is 5.32 Å². The predicted octanol–water partition coefficient (Wildman–Crippen LogP) is 6.37. The van der Waals surface area contributed by atoms with E-state index in [0.717, 1.165) is 29.4 Å². The molecule has 1 aliphatic heterocycles. The summed E-state index contributed by atoms with van der Waals surface area (Å²) in [6, 6.07) is 16.3. The first-order valence-corrected chi connectivity index (χ1v) is 12.0. The zero-order valence-electron chi connectivity index (χ0n) is 21.0. The summed E-state index contributed by atoms with van der Waals surface area (Å²) in [5.74, 6) is 2.35. The summed E-state index contributed by atoms with van der Waals surface area (Å²) >= 11 is 6.10. The molecular formula is C27H38ClNO5. The minimum atomic E-state index is -1.22. The monoisotopic (exact) mass is 491 g/mol. The number of hydrogen-bond donors (Lipinski definition) is 2. The fourth-order valence-corrected chi connectivity index (χ4v) is 4.19. The topological polar surface area (TPSA) is 77.0 Å². The highest BCUT2D eigenvalue weighted by atomic mass is 35.5. The number of piperidine rings is 1. The third-order valence-electron chi connectivity index (χ3n) is 5.72. The normalized spacial score (nSPS) is 20.3. The minimum absolute atomic E-state index is 0.138. The van der Waals surface area contributed by atoms with Crippen LogP contribution in [-0.2, 0) is 16.1 Å². The third-order valence-corrected chi connectivity index (χ3v) is 5.97.